The molecule has 3 heterocycles. The molecule has 3 aromatic rings. The normalized spacial score (nSPS) is 18.5. The molecule has 7 nitrogen and oxygen atoms in total. The topological polar surface area (TPSA) is 133 Å². The number of Topliss-reactive ketones (excluding diaryl/α,β-unsaturated/α-hetero) is 1. The van der Waals surface area contributed by atoms with Gasteiger partial charge in [0, 0.05) is 39.1 Å². The zero-order chi connectivity index (χ0) is 25.8. The number of aryl methyl sites for hydroxylation is 1. The Morgan fingerprint density at radius 1 is 1.05 bits per heavy atom. The lowest BCUT2D eigenvalue weighted by atomic mass is 9.74. The monoisotopic (exact) mass is 526 g/mol. The number of nitrogens with two attached hydrogens (primary N) is 2. The van der Waals surface area contributed by atoms with Gasteiger partial charge in [-0.3, -0.25) is 9.69 Å². The van der Waals surface area contributed by atoms with Crippen molar-refractivity contribution in [3.05, 3.63) is 73.3 Å². The van der Waals surface area contributed by atoms with Crippen molar-refractivity contribution < 1.29 is 4.79 Å². The second-order valence-corrected chi connectivity index (χ2v) is 11.1. The highest BCUT2D eigenvalue weighted by atomic mass is 35.5. The van der Waals surface area contributed by atoms with Crippen molar-refractivity contribution in [1.82, 2.24) is 4.98 Å². The van der Waals surface area contributed by atoms with E-state index in [-0.39, 0.29) is 22.9 Å². The molecule has 3 aliphatic rings. The molecule has 0 amide bonds. The summed E-state index contributed by atoms with van der Waals surface area (Å²) in [6.07, 6.45) is 5.67. The molecule has 0 unspecified atom stereocenters. The van der Waals surface area contributed by atoms with Crippen LogP contribution in [0.3, 0.4) is 0 Å². The van der Waals surface area contributed by atoms with Gasteiger partial charge in [0.05, 0.1) is 11.3 Å². The Kier molecular flexibility index (Phi) is 5.67. The van der Waals surface area contributed by atoms with Gasteiger partial charge in [0.15, 0.2) is 5.78 Å². The molecule has 0 radical (unpaired) electrons. The van der Waals surface area contributed by atoms with E-state index in [4.69, 9.17) is 28.1 Å². The second-order valence-electron chi connectivity index (χ2n) is 9.60. The fourth-order valence-electron chi connectivity index (χ4n) is 5.94. The number of ketones is 1. The van der Waals surface area contributed by atoms with E-state index in [9.17, 15) is 15.3 Å². The summed E-state index contributed by atoms with van der Waals surface area (Å²) in [7, 11) is 0. The maximum Gasteiger partial charge on any atom is 0.161 e. The van der Waals surface area contributed by atoms with Crippen molar-refractivity contribution in [1.29, 1.82) is 10.5 Å². The summed E-state index contributed by atoms with van der Waals surface area (Å²) in [5, 5.41) is 21.4. The van der Waals surface area contributed by atoms with Crippen LogP contribution in [0, 0.1) is 22.7 Å². The van der Waals surface area contributed by atoms with Crippen molar-refractivity contribution >= 4 is 51.0 Å². The Labute approximate surface area is 223 Å². The molecule has 0 saturated carbocycles. The number of aromatic nitrogens is 1. The fourth-order valence-corrected chi connectivity index (χ4v) is 7.50. The lowest BCUT2D eigenvalue weighted by molar-refractivity contribution is -0.116. The van der Waals surface area contributed by atoms with E-state index in [2.05, 4.69) is 12.1 Å². The Balaban J connectivity index is 1.73. The van der Waals surface area contributed by atoms with Gasteiger partial charge in [0.25, 0.3) is 0 Å². The Hall–Kier alpha value is -3.85. The first-order chi connectivity index (χ1) is 17.9. The number of halogens is 1. The largest absolute Gasteiger partial charge is 0.397 e. The molecule has 2 aliphatic carbocycles. The number of fused-ring (bicyclic) bond motifs is 2. The van der Waals surface area contributed by atoms with Crippen LogP contribution in [0.4, 0.5) is 22.3 Å². The van der Waals surface area contributed by atoms with Gasteiger partial charge in [-0.25, -0.2) is 4.98 Å². The first-order valence-corrected chi connectivity index (χ1v) is 13.5. The maximum absolute atomic E-state index is 13.6. The first-order valence-electron chi connectivity index (χ1n) is 12.3. The number of thiophene rings is 1. The van der Waals surface area contributed by atoms with Crippen molar-refractivity contribution in [2.75, 3.05) is 16.4 Å². The van der Waals surface area contributed by atoms with Gasteiger partial charge in [-0.2, -0.15) is 10.5 Å². The second kappa shape index (κ2) is 8.92. The summed E-state index contributed by atoms with van der Waals surface area (Å²) in [5.74, 6) is -0.0216. The molecular formula is C28H23ClN6OS. The molecule has 0 bridgehead atoms. The summed E-state index contributed by atoms with van der Waals surface area (Å²) >= 11 is 7.97. The fraction of sp³-hybridized carbons (Fsp3) is 0.286. The maximum atomic E-state index is 13.6. The van der Waals surface area contributed by atoms with E-state index in [0.717, 1.165) is 47.5 Å². The third kappa shape index (κ3) is 3.52. The molecular weight excluding hydrogens is 504 g/mol. The van der Waals surface area contributed by atoms with Crippen molar-refractivity contribution in [3.63, 3.8) is 0 Å². The summed E-state index contributed by atoms with van der Waals surface area (Å²) in [6, 6.07) is 11.9. The van der Waals surface area contributed by atoms with Crippen LogP contribution in [-0.4, -0.2) is 10.8 Å². The van der Waals surface area contributed by atoms with Crippen LogP contribution in [0.2, 0.25) is 5.02 Å². The average molecular weight is 527 g/mol. The van der Waals surface area contributed by atoms with Crippen LogP contribution >= 0.6 is 22.9 Å². The molecule has 6 rings (SSSR count). The van der Waals surface area contributed by atoms with Crippen LogP contribution in [0.1, 0.15) is 70.7 Å². The van der Waals surface area contributed by atoms with Gasteiger partial charge >= 0.3 is 0 Å². The minimum Gasteiger partial charge on any atom is -0.397 e. The number of anilines is 4. The predicted molar refractivity (Wildman–Crippen MR) is 145 cm³/mol. The molecule has 9 heteroatoms. The van der Waals surface area contributed by atoms with E-state index < -0.39 is 5.92 Å². The number of carbonyl (C=O) groups excluding carboxylic acids is 1. The van der Waals surface area contributed by atoms with E-state index in [1.807, 2.05) is 23.1 Å². The van der Waals surface area contributed by atoms with Gasteiger partial charge in [-0.05, 0) is 61.8 Å². The number of carbonyl (C=O) groups is 1. The van der Waals surface area contributed by atoms with Crippen LogP contribution < -0.4 is 16.4 Å². The number of allylic oxidation sites excluding steroid dienone is 2. The van der Waals surface area contributed by atoms with Crippen LogP contribution in [-0.2, 0) is 17.6 Å². The summed E-state index contributed by atoms with van der Waals surface area (Å²) in [4.78, 5) is 21.5. The number of hydrogen-bond acceptors (Lipinski definition) is 8. The molecule has 1 aromatic carbocycles. The van der Waals surface area contributed by atoms with Crippen LogP contribution in [0.15, 0.2) is 35.5 Å². The Morgan fingerprint density at radius 3 is 2.59 bits per heavy atom. The quantitative estimate of drug-likeness (QED) is 0.426. The number of benzene rings is 1. The zero-order valence-corrected chi connectivity index (χ0v) is 21.5. The molecule has 184 valence electrons. The summed E-state index contributed by atoms with van der Waals surface area (Å²) < 4.78 is 0. The van der Waals surface area contributed by atoms with Gasteiger partial charge in [-0.1, -0.05) is 23.7 Å². The number of nitrogens with zero attached hydrogens (tertiary/aromatic N) is 4. The molecule has 2 aromatic heterocycles. The predicted octanol–water partition coefficient (Wildman–Crippen LogP) is 5.87. The standard InChI is InChI=1S/C28H23ClN6OS/c29-15-6-3-5-14(11-15)22-23-19(8-4-9-20(23)36)35(27-24(22)25(32)18(13-31)26(33)34-27)28-17(12-30)16-7-1-2-10-21(16)37-28/h3,5-6,11,22H,1-2,4,7-10H2,(H4,32,33,34)/t22-/m0/s1. The molecule has 1 aliphatic heterocycles. The van der Waals surface area contributed by atoms with Crippen molar-refractivity contribution in [2.24, 2.45) is 0 Å². The Bertz CT molecular complexity index is 1610. The molecule has 1 atom stereocenters. The highest BCUT2D eigenvalue weighted by molar-refractivity contribution is 7.16. The third-order valence-corrected chi connectivity index (χ3v) is 9.04. The van der Waals surface area contributed by atoms with Crippen molar-refractivity contribution in [2.45, 2.75) is 50.9 Å². The number of rotatable bonds is 2. The summed E-state index contributed by atoms with van der Waals surface area (Å²) in [6.45, 7) is 0. The van der Waals surface area contributed by atoms with Crippen LogP contribution in [0.25, 0.3) is 0 Å². The number of hydrogen-bond donors (Lipinski definition) is 2. The van der Waals surface area contributed by atoms with Gasteiger partial charge < -0.3 is 11.5 Å². The SMILES string of the molecule is N#Cc1c(N)nc2c(c1N)[C@@H](c1cccc(Cl)c1)C1=C(CCCC1=O)N2c1sc2c(c1C#N)CCCC2. The van der Waals surface area contributed by atoms with Gasteiger partial charge in [0.2, 0.25) is 0 Å². The van der Waals surface area contributed by atoms with Crippen molar-refractivity contribution in [3.8, 4) is 12.1 Å². The molecule has 37 heavy (non-hydrogen) atoms. The summed E-state index contributed by atoms with van der Waals surface area (Å²) in [5.41, 5.74) is 17.7. The van der Waals surface area contributed by atoms with E-state index in [0.29, 0.717) is 46.8 Å². The smallest absolute Gasteiger partial charge is 0.161 e. The van der Waals surface area contributed by atoms with E-state index in [1.54, 1.807) is 17.4 Å². The minimum atomic E-state index is -0.548. The van der Waals surface area contributed by atoms with Crippen LogP contribution in [0.5, 0.6) is 0 Å². The minimum absolute atomic E-state index is 0.0245. The van der Waals surface area contributed by atoms with Gasteiger partial charge in [0.1, 0.15) is 34.3 Å². The zero-order valence-electron chi connectivity index (χ0n) is 20.0. The molecule has 0 saturated heterocycles. The molecule has 0 spiro atoms. The Morgan fingerprint density at radius 2 is 1.84 bits per heavy atom. The lowest BCUT2D eigenvalue weighted by Crippen LogP contribution is -2.34. The van der Waals surface area contributed by atoms with E-state index in [1.165, 1.54) is 4.88 Å². The highest BCUT2D eigenvalue weighted by Gasteiger charge is 2.43. The third-order valence-electron chi connectivity index (χ3n) is 7.53. The number of nitriles is 2. The van der Waals surface area contributed by atoms with E-state index >= 15 is 0 Å². The number of nitrogen functional groups attached to an aromatic ring is 2. The van der Waals surface area contributed by atoms with Gasteiger partial charge in [-0.15, -0.1) is 11.3 Å². The average Bonchev–Trinajstić information content (AvgIpc) is 3.26. The molecule has 4 N–H and O–H groups in total. The highest BCUT2D eigenvalue weighted by Crippen LogP contribution is 2.55. The number of pyridine rings is 1. The first kappa shape index (κ1) is 23.5. The lowest BCUT2D eigenvalue weighted by Gasteiger charge is -2.40. The molecule has 0 fully saturated rings.